The fourth-order valence-corrected chi connectivity index (χ4v) is 1.87. The minimum absolute atomic E-state index is 0.129. The van der Waals surface area contributed by atoms with Crippen molar-refractivity contribution >= 4 is 11.7 Å². The quantitative estimate of drug-likeness (QED) is 0.606. The van der Waals surface area contributed by atoms with Crippen LogP contribution in [0.2, 0.25) is 0 Å². The number of nitro benzene ring substituents is 1. The number of nitrogens with zero attached hydrogens (tertiary/aromatic N) is 1. The first-order valence-electron chi connectivity index (χ1n) is 6.15. The zero-order chi connectivity index (χ0) is 14.4. The van der Waals surface area contributed by atoms with E-state index in [1.165, 1.54) is 12.1 Å². The summed E-state index contributed by atoms with van der Waals surface area (Å²) in [6, 6.07) is 4.55. The summed E-state index contributed by atoms with van der Waals surface area (Å²) >= 11 is 0. The van der Waals surface area contributed by atoms with Gasteiger partial charge in [-0.15, -0.1) is 0 Å². The maximum atomic E-state index is 11.2. The van der Waals surface area contributed by atoms with Crippen molar-refractivity contribution in [1.29, 1.82) is 0 Å². The normalized spacial score (nSPS) is 11.9. The highest BCUT2D eigenvalue weighted by molar-refractivity contribution is 5.78. The Morgan fingerprint density at radius 1 is 1.47 bits per heavy atom. The van der Waals surface area contributed by atoms with Crippen LogP contribution in [0.1, 0.15) is 38.2 Å². The molecule has 0 saturated carbocycles. The van der Waals surface area contributed by atoms with Gasteiger partial charge in [0.1, 0.15) is 0 Å². The number of ether oxygens (including phenoxy) is 1. The molecule has 0 saturated heterocycles. The summed E-state index contributed by atoms with van der Waals surface area (Å²) in [5, 5.41) is 20.3. The van der Waals surface area contributed by atoms with Crippen LogP contribution in [0.25, 0.3) is 0 Å². The fourth-order valence-electron chi connectivity index (χ4n) is 1.87. The Morgan fingerprint density at radius 3 is 2.63 bits per heavy atom. The zero-order valence-electron chi connectivity index (χ0n) is 11.0. The predicted octanol–water partition coefficient (Wildman–Crippen LogP) is 2.96. The average molecular weight is 267 g/mol. The number of rotatable bonds is 7. The summed E-state index contributed by atoms with van der Waals surface area (Å²) in [6.45, 7) is 3.93. The number of para-hydroxylation sites is 1. The molecule has 6 nitrogen and oxygen atoms in total. The highest BCUT2D eigenvalue weighted by Crippen LogP contribution is 2.36. The monoisotopic (exact) mass is 267 g/mol. The van der Waals surface area contributed by atoms with Gasteiger partial charge in [0.15, 0.2) is 5.75 Å². The number of carbonyl (C=O) groups is 1. The van der Waals surface area contributed by atoms with Crippen LogP contribution >= 0.6 is 0 Å². The zero-order valence-corrected chi connectivity index (χ0v) is 11.0. The number of carboxylic acids is 1. The van der Waals surface area contributed by atoms with Gasteiger partial charge in [0.2, 0.25) is 0 Å². The van der Waals surface area contributed by atoms with Crippen LogP contribution in [0.3, 0.4) is 0 Å². The van der Waals surface area contributed by atoms with Crippen LogP contribution in [-0.4, -0.2) is 22.6 Å². The van der Waals surface area contributed by atoms with Crippen LogP contribution in [0, 0.1) is 10.1 Å². The molecule has 6 heteroatoms. The number of hydrogen-bond acceptors (Lipinski definition) is 4. The van der Waals surface area contributed by atoms with E-state index in [1.54, 1.807) is 13.0 Å². The van der Waals surface area contributed by atoms with E-state index in [-0.39, 0.29) is 23.4 Å². The fraction of sp³-hybridized carbons (Fsp3) is 0.462. The molecule has 0 heterocycles. The number of aliphatic carboxylic acids is 1. The Bertz CT molecular complexity index is 472. The van der Waals surface area contributed by atoms with Crippen molar-refractivity contribution in [2.24, 2.45) is 0 Å². The number of carboxylic acid groups (broad SMARTS) is 1. The van der Waals surface area contributed by atoms with E-state index in [0.717, 1.165) is 6.42 Å². The van der Waals surface area contributed by atoms with E-state index in [4.69, 9.17) is 9.84 Å². The first-order chi connectivity index (χ1) is 9.02. The topological polar surface area (TPSA) is 89.7 Å². The van der Waals surface area contributed by atoms with E-state index in [0.29, 0.717) is 6.61 Å². The highest BCUT2D eigenvalue weighted by atomic mass is 16.6. The van der Waals surface area contributed by atoms with Gasteiger partial charge in [0.25, 0.3) is 0 Å². The predicted molar refractivity (Wildman–Crippen MR) is 69.6 cm³/mol. The summed E-state index contributed by atoms with van der Waals surface area (Å²) in [4.78, 5) is 21.8. The molecule has 1 aromatic carbocycles. The maximum absolute atomic E-state index is 11.2. The molecule has 0 radical (unpaired) electrons. The molecule has 0 spiro atoms. The second kappa shape index (κ2) is 6.72. The van der Waals surface area contributed by atoms with E-state index in [9.17, 15) is 14.9 Å². The summed E-state index contributed by atoms with van der Waals surface area (Å²) in [6.07, 6.45) is 1.00. The summed E-state index contributed by atoms with van der Waals surface area (Å²) in [7, 11) is 0. The average Bonchev–Trinajstić information content (AvgIpc) is 2.36. The van der Waals surface area contributed by atoms with Crippen molar-refractivity contribution in [3.05, 3.63) is 33.9 Å². The van der Waals surface area contributed by atoms with Crippen molar-refractivity contribution in [2.75, 3.05) is 6.61 Å². The van der Waals surface area contributed by atoms with Crippen LogP contribution < -0.4 is 4.74 Å². The molecule has 1 rings (SSSR count). The van der Waals surface area contributed by atoms with E-state index in [2.05, 4.69) is 0 Å². The standard InChI is InChI=1S/C13H17NO5/c1-3-8-19-11-7-5-6-10(12(11)14(17)18)9(4-2)13(15)16/h5-7,9H,3-4,8H2,1-2H3,(H,15,16). The molecule has 104 valence electrons. The molecule has 0 aliphatic carbocycles. The van der Waals surface area contributed by atoms with Crippen molar-refractivity contribution in [1.82, 2.24) is 0 Å². The van der Waals surface area contributed by atoms with E-state index in [1.807, 2.05) is 6.92 Å². The van der Waals surface area contributed by atoms with Gasteiger partial charge in [0.05, 0.1) is 17.4 Å². The van der Waals surface area contributed by atoms with Gasteiger partial charge in [-0.05, 0) is 18.9 Å². The molecule has 0 amide bonds. The van der Waals surface area contributed by atoms with Crippen LogP contribution in [-0.2, 0) is 4.79 Å². The van der Waals surface area contributed by atoms with E-state index < -0.39 is 16.8 Å². The van der Waals surface area contributed by atoms with Gasteiger partial charge in [-0.1, -0.05) is 26.0 Å². The Balaban J connectivity index is 3.30. The van der Waals surface area contributed by atoms with Crippen LogP contribution in [0.15, 0.2) is 18.2 Å². The first-order valence-corrected chi connectivity index (χ1v) is 6.15. The van der Waals surface area contributed by atoms with Crippen molar-refractivity contribution in [3.8, 4) is 5.75 Å². The Kier molecular flexibility index (Phi) is 5.29. The van der Waals surface area contributed by atoms with Gasteiger partial charge in [-0.3, -0.25) is 14.9 Å². The van der Waals surface area contributed by atoms with Gasteiger partial charge in [-0.2, -0.15) is 0 Å². The number of benzene rings is 1. The molecule has 0 bridgehead atoms. The molecule has 1 unspecified atom stereocenters. The number of hydrogen-bond donors (Lipinski definition) is 1. The third-order valence-electron chi connectivity index (χ3n) is 2.76. The lowest BCUT2D eigenvalue weighted by molar-refractivity contribution is -0.386. The Morgan fingerprint density at radius 2 is 2.16 bits per heavy atom. The van der Waals surface area contributed by atoms with Gasteiger partial charge >= 0.3 is 11.7 Å². The molecule has 0 fully saturated rings. The lowest BCUT2D eigenvalue weighted by Crippen LogP contribution is -2.13. The first kappa shape index (κ1) is 14.9. The Hall–Kier alpha value is -2.11. The Labute approximate surface area is 111 Å². The minimum Gasteiger partial charge on any atom is -0.487 e. The molecule has 1 N–H and O–H groups in total. The second-order valence-electron chi connectivity index (χ2n) is 4.10. The van der Waals surface area contributed by atoms with Crippen LogP contribution in [0.5, 0.6) is 5.75 Å². The lowest BCUT2D eigenvalue weighted by Gasteiger charge is -2.13. The largest absolute Gasteiger partial charge is 0.487 e. The van der Waals surface area contributed by atoms with Crippen LogP contribution in [0.4, 0.5) is 5.69 Å². The van der Waals surface area contributed by atoms with Crippen molar-refractivity contribution in [3.63, 3.8) is 0 Å². The molecule has 0 aliphatic rings. The van der Waals surface area contributed by atoms with Gasteiger partial charge < -0.3 is 9.84 Å². The van der Waals surface area contributed by atoms with Crippen molar-refractivity contribution < 1.29 is 19.6 Å². The molecule has 1 aromatic rings. The minimum atomic E-state index is -1.07. The van der Waals surface area contributed by atoms with Gasteiger partial charge in [0, 0.05) is 5.56 Å². The van der Waals surface area contributed by atoms with Gasteiger partial charge in [-0.25, -0.2) is 0 Å². The smallest absolute Gasteiger partial charge is 0.314 e. The molecular weight excluding hydrogens is 250 g/mol. The maximum Gasteiger partial charge on any atom is 0.314 e. The number of nitro groups is 1. The summed E-state index contributed by atoms with van der Waals surface area (Å²) in [5.41, 5.74) is -0.0567. The second-order valence-corrected chi connectivity index (χ2v) is 4.10. The summed E-state index contributed by atoms with van der Waals surface area (Å²) in [5.74, 6) is -1.84. The molecule has 0 aromatic heterocycles. The third-order valence-corrected chi connectivity index (χ3v) is 2.76. The third kappa shape index (κ3) is 3.43. The van der Waals surface area contributed by atoms with E-state index >= 15 is 0 Å². The molecule has 0 aliphatic heterocycles. The lowest BCUT2D eigenvalue weighted by atomic mass is 9.94. The van der Waals surface area contributed by atoms with Crippen molar-refractivity contribution in [2.45, 2.75) is 32.6 Å². The molecule has 19 heavy (non-hydrogen) atoms. The molecule has 1 atom stereocenters. The SMILES string of the molecule is CCCOc1cccc(C(CC)C(=O)O)c1[N+](=O)[O-]. The molecular formula is C13H17NO5. The highest BCUT2D eigenvalue weighted by Gasteiger charge is 2.29. The summed E-state index contributed by atoms with van der Waals surface area (Å²) < 4.78 is 5.33.